The molecule has 4 bridgehead atoms. The van der Waals surface area contributed by atoms with Gasteiger partial charge in [0.1, 0.15) is 97.7 Å². The average molecular weight is 860 g/mol. The Labute approximate surface area is 330 Å². The quantitative estimate of drug-likeness (QED) is 0.0729. The highest BCUT2D eigenvalue weighted by Gasteiger charge is 2.59. The smallest absolute Gasteiger partial charge is 0.294 e. The normalized spacial score (nSPS) is 45.9. The van der Waals surface area contributed by atoms with Crippen LogP contribution in [0.2, 0.25) is 0 Å². The highest BCUT2D eigenvalue weighted by atomic mass is 32.2. The highest BCUT2D eigenvalue weighted by molar-refractivity contribution is 7.85. The van der Waals surface area contributed by atoms with Gasteiger partial charge in [-0.05, 0) is 24.3 Å². The number of aliphatic hydroxyl groups is 10. The third-order valence-electron chi connectivity index (χ3n) is 10.8. The summed E-state index contributed by atoms with van der Waals surface area (Å²) in [7, 11) is -4.43. The summed E-state index contributed by atoms with van der Waals surface area (Å²) in [5, 5.41) is 108. The van der Waals surface area contributed by atoms with E-state index in [9.17, 15) is 64.0 Å². The van der Waals surface area contributed by atoms with Gasteiger partial charge >= 0.3 is 0 Å². The van der Waals surface area contributed by atoms with Gasteiger partial charge in [0.15, 0.2) is 25.2 Å². The number of rotatable bonds is 15. The first kappa shape index (κ1) is 44.2. The van der Waals surface area contributed by atoms with Gasteiger partial charge in [0.25, 0.3) is 10.1 Å². The van der Waals surface area contributed by atoms with Crippen molar-refractivity contribution in [1.29, 1.82) is 0 Å². The maximum atomic E-state index is 11.5. The van der Waals surface area contributed by atoms with Crippen molar-refractivity contribution in [3.05, 3.63) is 24.3 Å². The first-order valence-corrected chi connectivity index (χ1v) is 19.9. The number of anilines is 1. The van der Waals surface area contributed by atoms with Gasteiger partial charge in [0.2, 0.25) is 0 Å². The topological polar surface area (TPSA) is 361 Å². The largest absolute Gasteiger partial charge is 0.394 e. The molecule has 0 saturated carbocycles. The van der Waals surface area contributed by atoms with Crippen molar-refractivity contribution in [3.8, 4) is 0 Å². The Hall–Kier alpha value is -1.87. The molecule has 6 fully saturated rings. The third-order valence-corrected chi connectivity index (χ3v) is 11.7. The van der Waals surface area contributed by atoms with E-state index in [0.29, 0.717) is 5.69 Å². The minimum Gasteiger partial charge on any atom is -0.394 e. The lowest BCUT2D eigenvalue weighted by atomic mass is 9.96. The van der Waals surface area contributed by atoms with Crippen molar-refractivity contribution in [1.82, 2.24) is 0 Å². The van der Waals surface area contributed by atoms with Crippen LogP contribution in [0.1, 0.15) is 0 Å². The zero-order valence-electron chi connectivity index (χ0n) is 30.4. The number of hydrogen-bond donors (Lipinski definition) is 12. The second-order valence-electron chi connectivity index (χ2n) is 14.7. The predicted molar refractivity (Wildman–Crippen MR) is 182 cm³/mol. The molecular formula is C33H49NO23S. The van der Waals surface area contributed by atoms with Crippen molar-refractivity contribution >= 4 is 15.8 Å². The summed E-state index contributed by atoms with van der Waals surface area (Å²) in [4.78, 5) is -0.341. The number of ether oxygens (including phenoxy) is 10. The molecule has 24 nitrogen and oxygen atoms in total. The molecule has 0 amide bonds. The Balaban J connectivity index is 1.07. The van der Waals surface area contributed by atoms with Gasteiger partial charge in [-0.1, -0.05) is 0 Å². The van der Waals surface area contributed by atoms with Crippen LogP contribution in [0.4, 0.5) is 5.69 Å². The maximum absolute atomic E-state index is 11.5. The molecule has 7 rings (SSSR count). The van der Waals surface area contributed by atoms with E-state index in [1.807, 2.05) is 0 Å². The number of benzene rings is 1. The molecule has 0 aromatic heterocycles. The van der Waals surface area contributed by atoms with Gasteiger partial charge in [-0.2, -0.15) is 8.42 Å². The maximum Gasteiger partial charge on any atom is 0.294 e. The lowest BCUT2D eigenvalue weighted by molar-refractivity contribution is -0.374. The second kappa shape index (κ2) is 18.2. The molecule has 330 valence electrons. The molecule has 6 aliphatic rings. The molecule has 6 saturated heterocycles. The molecule has 25 heteroatoms. The molecule has 0 spiro atoms. The van der Waals surface area contributed by atoms with E-state index < -0.39 is 159 Å². The van der Waals surface area contributed by atoms with Crippen molar-refractivity contribution < 1.29 is 111 Å². The van der Waals surface area contributed by atoms with Crippen LogP contribution in [0.25, 0.3) is 0 Å². The SMILES string of the molecule is O=S(=O)(O)c1ccc(NCC(O)CO[C@@H]2[C@H](O[C@@H]3[C@@H](O)[C@H](O[C@@H]4[C@H]5OC[C@@H]4O[C@@H](O)[C@H]5O)O[C@H](CO)[C@H]3O)O[C@H]3CO[C@H]2[C@H]3O[C@@H]2O[C@H](CO)[C@H](O)[C@H](O)[C@H]2O)cc1. The van der Waals surface area contributed by atoms with E-state index in [-0.39, 0.29) is 24.7 Å². The van der Waals surface area contributed by atoms with Crippen molar-refractivity contribution in [2.45, 2.75) is 134 Å². The van der Waals surface area contributed by atoms with Gasteiger partial charge in [0.05, 0.1) is 44.0 Å². The fourth-order valence-electron chi connectivity index (χ4n) is 7.69. The summed E-state index contributed by atoms with van der Waals surface area (Å²) in [5.74, 6) is 0. The van der Waals surface area contributed by atoms with Crippen molar-refractivity contribution in [2.24, 2.45) is 0 Å². The third kappa shape index (κ3) is 9.02. The van der Waals surface area contributed by atoms with E-state index in [1.165, 1.54) is 12.1 Å². The first-order chi connectivity index (χ1) is 27.6. The minimum absolute atomic E-state index is 0.0655. The summed E-state index contributed by atoms with van der Waals surface area (Å²) in [6.07, 6.45) is -29.9. The van der Waals surface area contributed by atoms with Crippen LogP contribution in [0.15, 0.2) is 29.2 Å². The Bertz CT molecular complexity index is 1610. The Morgan fingerprint density at radius 2 is 1.22 bits per heavy atom. The predicted octanol–water partition coefficient (Wildman–Crippen LogP) is -6.91. The van der Waals surface area contributed by atoms with Crippen LogP contribution >= 0.6 is 0 Å². The zero-order valence-corrected chi connectivity index (χ0v) is 31.2. The average Bonchev–Trinajstić information content (AvgIpc) is 3.67. The number of hydrogen-bond acceptors (Lipinski definition) is 23. The van der Waals surface area contributed by atoms with Gasteiger partial charge in [-0.3, -0.25) is 4.55 Å². The van der Waals surface area contributed by atoms with Gasteiger partial charge in [-0.15, -0.1) is 0 Å². The Morgan fingerprint density at radius 1 is 0.655 bits per heavy atom. The fraction of sp³-hybridized carbons (Fsp3) is 0.818. The zero-order chi connectivity index (χ0) is 41.6. The Morgan fingerprint density at radius 3 is 1.86 bits per heavy atom. The second-order valence-corrected chi connectivity index (χ2v) is 16.2. The standard InChI is InChI=1S/C33H49NO23S/c35-6-14-18(38)20(40)21(41)31(52-14)56-25-17-10-50-28(25)29(48-8-12(37)5-34-11-1-3-13(4-2-11)58(45,46)47)33(54-17)57-26-19(39)15(7-36)53-32(23(26)43)55-24-16-9-49-27(24)22(42)30(44)51-16/h1-4,12,14-44H,5-10H2,(H,45,46,47)/t12?,14-,15-,16+,17+,18+,19-,20+,21-,22+,23-,24+,25+,26+,27+,28+,29+,30-,31+,32+,33+/m1/s1. The molecule has 0 aliphatic carbocycles. The van der Waals surface area contributed by atoms with Crippen LogP contribution in [0.3, 0.4) is 0 Å². The van der Waals surface area contributed by atoms with Crippen molar-refractivity contribution in [3.63, 3.8) is 0 Å². The summed E-state index contributed by atoms with van der Waals surface area (Å²) < 4.78 is 90.4. The summed E-state index contributed by atoms with van der Waals surface area (Å²) in [5.41, 5.74) is 0.381. The molecule has 6 heterocycles. The number of fused-ring (bicyclic) bond motifs is 4. The summed E-state index contributed by atoms with van der Waals surface area (Å²) in [6.45, 7) is -2.34. The van der Waals surface area contributed by atoms with Gasteiger partial charge in [0, 0.05) is 12.2 Å². The molecule has 21 atom stereocenters. The van der Waals surface area contributed by atoms with E-state index in [4.69, 9.17) is 47.4 Å². The van der Waals surface area contributed by atoms with Crippen LogP contribution in [0.5, 0.6) is 0 Å². The molecule has 1 unspecified atom stereocenters. The molecule has 0 radical (unpaired) electrons. The molecule has 1 aromatic carbocycles. The van der Waals surface area contributed by atoms with E-state index in [1.54, 1.807) is 0 Å². The number of aliphatic hydroxyl groups excluding tert-OH is 10. The fourth-order valence-corrected chi connectivity index (χ4v) is 8.17. The lowest BCUT2D eigenvalue weighted by Crippen LogP contribution is -2.66. The minimum atomic E-state index is -4.43. The molecule has 12 N–H and O–H groups in total. The van der Waals surface area contributed by atoms with Crippen LogP contribution in [-0.4, -0.2) is 233 Å². The highest BCUT2D eigenvalue weighted by Crippen LogP contribution is 2.39. The van der Waals surface area contributed by atoms with E-state index in [0.717, 1.165) is 12.1 Å². The summed E-state index contributed by atoms with van der Waals surface area (Å²) in [6, 6.07) is 5.01. The lowest BCUT2D eigenvalue weighted by Gasteiger charge is -2.47. The van der Waals surface area contributed by atoms with E-state index >= 15 is 0 Å². The number of nitrogens with one attached hydrogen (secondary N) is 1. The van der Waals surface area contributed by atoms with Crippen molar-refractivity contribution in [2.75, 3.05) is 44.9 Å². The first-order valence-electron chi connectivity index (χ1n) is 18.5. The Kier molecular flexibility index (Phi) is 13.9. The summed E-state index contributed by atoms with van der Waals surface area (Å²) >= 11 is 0. The van der Waals surface area contributed by atoms with Crippen LogP contribution in [0, 0.1) is 0 Å². The van der Waals surface area contributed by atoms with Gasteiger partial charge in [-0.25, -0.2) is 0 Å². The molecular weight excluding hydrogens is 810 g/mol. The molecule has 1 aromatic rings. The molecule has 58 heavy (non-hydrogen) atoms. The molecule has 6 aliphatic heterocycles. The van der Waals surface area contributed by atoms with Crippen LogP contribution in [-0.2, 0) is 57.5 Å². The van der Waals surface area contributed by atoms with Gasteiger partial charge < -0.3 is 104 Å². The van der Waals surface area contributed by atoms with Crippen LogP contribution < -0.4 is 5.32 Å². The monoisotopic (exact) mass is 859 g/mol. The van der Waals surface area contributed by atoms with E-state index in [2.05, 4.69) is 5.32 Å².